The van der Waals surface area contributed by atoms with E-state index in [1.54, 1.807) is 43.5 Å². The van der Waals surface area contributed by atoms with Crippen molar-refractivity contribution in [3.63, 3.8) is 0 Å². The maximum atomic E-state index is 12.8. The van der Waals surface area contributed by atoms with Gasteiger partial charge in [-0.25, -0.2) is 0 Å². The predicted octanol–water partition coefficient (Wildman–Crippen LogP) is 3.32. The molecule has 1 aromatic heterocycles. The van der Waals surface area contributed by atoms with Crippen LogP contribution in [0.3, 0.4) is 0 Å². The van der Waals surface area contributed by atoms with E-state index in [0.717, 1.165) is 0 Å². The first-order chi connectivity index (χ1) is 11.7. The van der Waals surface area contributed by atoms with E-state index in [1.165, 1.54) is 22.9 Å². The van der Waals surface area contributed by atoms with E-state index in [-0.39, 0.29) is 18.4 Å². The largest absolute Gasteiger partial charge is 0.497 e. The Bertz CT molecular complexity index is 778. The van der Waals surface area contributed by atoms with Crippen molar-refractivity contribution in [1.82, 2.24) is 4.90 Å². The van der Waals surface area contributed by atoms with Crippen LogP contribution in [0.2, 0.25) is 0 Å². The standard InChI is InChI=1S/C18H17NO4S/c1-3-24-16-15(12-6-8-13(22-2)9-7-12)17(20)19(18(16)21)11-14-5-4-10-23-14/h4-10H,3,11H2,1-2H3. The molecule has 1 aliphatic rings. The van der Waals surface area contributed by atoms with Crippen LogP contribution in [0.4, 0.5) is 0 Å². The van der Waals surface area contributed by atoms with E-state index in [9.17, 15) is 9.59 Å². The van der Waals surface area contributed by atoms with Gasteiger partial charge in [-0.05, 0) is 35.6 Å². The van der Waals surface area contributed by atoms with Crippen molar-refractivity contribution in [2.75, 3.05) is 12.9 Å². The van der Waals surface area contributed by atoms with Crippen molar-refractivity contribution < 1.29 is 18.7 Å². The number of thioether (sulfide) groups is 1. The topological polar surface area (TPSA) is 59.8 Å². The summed E-state index contributed by atoms with van der Waals surface area (Å²) in [5.41, 5.74) is 1.16. The van der Waals surface area contributed by atoms with Gasteiger partial charge in [0.15, 0.2) is 0 Å². The minimum absolute atomic E-state index is 0.137. The number of ether oxygens (including phenoxy) is 1. The minimum atomic E-state index is -0.294. The fourth-order valence-electron chi connectivity index (χ4n) is 2.55. The number of rotatable bonds is 6. The van der Waals surface area contributed by atoms with Crippen LogP contribution >= 0.6 is 11.8 Å². The van der Waals surface area contributed by atoms with E-state index >= 15 is 0 Å². The van der Waals surface area contributed by atoms with Crippen LogP contribution in [0.15, 0.2) is 52.0 Å². The van der Waals surface area contributed by atoms with Gasteiger partial charge in [-0.1, -0.05) is 19.1 Å². The molecule has 6 heteroatoms. The maximum absolute atomic E-state index is 12.8. The van der Waals surface area contributed by atoms with Crippen molar-refractivity contribution in [1.29, 1.82) is 0 Å². The number of amides is 2. The second-order valence-corrected chi connectivity index (χ2v) is 6.42. The summed E-state index contributed by atoms with van der Waals surface area (Å²) in [6, 6.07) is 10.6. The molecule has 2 aromatic rings. The molecule has 0 bridgehead atoms. The van der Waals surface area contributed by atoms with Gasteiger partial charge in [-0.3, -0.25) is 14.5 Å². The van der Waals surface area contributed by atoms with E-state index in [4.69, 9.17) is 9.15 Å². The van der Waals surface area contributed by atoms with Gasteiger partial charge >= 0.3 is 0 Å². The molecule has 2 amide bonds. The number of benzene rings is 1. The van der Waals surface area contributed by atoms with Gasteiger partial charge in [0.05, 0.1) is 30.4 Å². The zero-order valence-corrected chi connectivity index (χ0v) is 14.3. The first-order valence-electron chi connectivity index (χ1n) is 7.55. The molecule has 1 aliphatic heterocycles. The predicted molar refractivity (Wildman–Crippen MR) is 92.3 cm³/mol. The van der Waals surface area contributed by atoms with Crippen molar-refractivity contribution in [2.45, 2.75) is 13.5 Å². The lowest BCUT2D eigenvalue weighted by Crippen LogP contribution is -2.30. The van der Waals surface area contributed by atoms with E-state index in [0.29, 0.717) is 33.3 Å². The molecule has 0 saturated carbocycles. The second kappa shape index (κ2) is 6.97. The fourth-order valence-corrected chi connectivity index (χ4v) is 3.42. The first kappa shape index (κ1) is 16.4. The maximum Gasteiger partial charge on any atom is 0.268 e. The SMILES string of the molecule is CCSC1=C(c2ccc(OC)cc2)C(=O)N(Cc2ccco2)C1=O. The molecule has 24 heavy (non-hydrogen) atoms. The monoisotopic (exact) mass is 343 g/mol. The van der Waals surface area contributed by atoms with Crippen LogP contribution in [0.5, 0.6) is 5.75 Å². The lowest BCUT2D eigenvalue weighted by atomic mass is 10.1. The number of carbonyl (C=O) groups excluding carboxylic acids is 2. The number of carbonyl (C=O) groups is 2. The number of hydrogen-bond donors (Lipinski definition) is 0. The Morgan fingerprint density at radius 2 is 1.88 bits per heavy atom. The smallest absolute Gasteiger partial charge is 0.268 e. The summed E-state index contributed by atoms with van der Waals surface area (Å²) in [5, 5.41) is 0. The van der Waals surface area contributed by atoms with E-state index in [2.05, 4.69) is 0 Å². The summed E-state index contributed by atoms with van der Waals surface area (Å²) < 4.78 is 10.4. The average molecular weight is 343 g/mol. The Balaban J connectivity index is 1.96. The molecule has 0 aliphatic carbocycles. The zero-order chi connectivity index (χ0) is 17.1. The summed E-state index contributed by atoms with van der Waals surface area (Å²) in [6.45, 7) is 2.09. The Labute approximate surface area is 144 Å². The third-order valence-corrected chi connectivity index (χ3v) is 4.64. The van der Waals surface area contributed by atoms with Gasteiger partial charge in [-0.15, -0.1) is 11.8 Å². The molecule has 0 radical (unpaired) electrons. The van der Waals surface area contributed by atoms with Gasteiger partial charge in [0.1, 0.15) is 11.5 Å². The third kappa shape index (κ3) is 2.97. The fraction of sp³-hybridized carbons (Fsp3) is 0.222. The Morgan fingerprint density at radius 1 is 1.12 bits per heavy atom. The molecule has 0 spiro atoms. The molecule has 1 aromatic carbocycles. The molecule has 3 rings (SSSR count). The van der Waals surface area contributed by atoms with Crippen LogP contribution in [0.25, 0.3) is 5.57 Å². The summed E-state index contributed by atoms with van der Waals surface area (Å²) in [6.07, 6.45) is 1.53. The van der Waals surface area contributed by atoms with Crippen LogP contribution in [-0.2, 0) is 16.1 Å². The molecule has 124 valence electrons. The van der Waals surface area contributed by atoms with Gasteiger partial charge < -0.3 is 9.15 Å². The van der Waals surface area contributed by atoms with Gasteiger partial charge in [0.2, 0.25) is 0 Å². The van der Waals surface area contributed by atoms with Crippen molar-refractivity contribution in [3.05, 3.63) is 58.9 Å². The molecule has 0 unspecified atom stereocenters. The summed E-state index contributed by atoms with van der Waals surface area (Å²) in [5.74, 6) is 1.43. The number of nitrogens with zero attached hydrogens (tertiary/aromatic N) is 1. The molecular weight excluding hydrogens is 326 g/mol. The number of furan rings is 1. The molecule has 0 saturated heterocycles. The van der Waals surface area contributed by atoms with Crippen LogP contribution in [-0.4, -0.2) is 29.6 Å². The second-order valence-electron chi connectivity index (χ2n) is 5.14. The molecule has 0 atom stereocenters. The molecular formula is C18H17NO4S. The van der Waals surface area contributed by atoms with E-state index in [1.807, 2.05) is 6.92 Å². The Kier molecular flexibility index (Phi) is 4.76. The lowest BCUT2D eigenvalue weighted by Gasteiger charge is -2.13. The highest BCUT2D eigenvalue weighted by Crippen LogP contribution is 2.37. The zero-order valence-electron chi connectivity index (χ0n) is 13.4. The van der Waals surface area contributed by atoms with Crippen LogP contribution in [0.1, 0.15) is 18.2 Å². The molecule has 2 heterocycles. The highest BCUT2D eigenvalue weighted by molar-refractivity contribution is 8.04. The Hall–Kier alpha value is -2.47. The van der Waals surface area contributed by atoms with Gasteiger partial charge in [0, 0.05) is 0 Å². The number of hydrogen-bond acceptors (Lipinski definition) is 5. The van der Waals surface area contributed by atoms with Crippen LogP contribution < -0.4 is 4.74 Å². The summed E-state index contributed by atoms with van der Waals surface area (Å²) >= 11 is 1.39. The van der Waals surface area contributed by atoms with Crippen LogP contribution in [0, 0.1) is 0 Å². The van der Waals surface area contributed by atoms with Gasteiger partial charge in [0.25, 0.3) is 11.8 Å². The van der Waals surface area contributed by atoms with Gasteiger partial charge in [-0.2, -0.15) is 0 Å². The molecule has 5 nitrogen and oxygen atoms in total. The number of imide groups is 1. The molecule has 0 fully saturated rings. The minimum Gasteiger partial charge on any atom is -0.497 e. The molecule has 0 N–H and O–H groups in total. The highest BCUT2D eigenvalue weighted by atomic mass is 32.2. The quantitative estimate of drug-likeness (QED) is 0.753. The summed E-state index contributed by atoms with van der Waals surface area (Å²) in [7, 11) is 1.59. The number of methoxy groups -OCH3 is 1. The van der Waals surface area contributed by atoms with Crippen molar-refractivity contribution in [2.24, 2.45) is 0 Å². The van der Waals surface area contributed by atoms with E-state index < -0.39 is 0 Å². The first-order valence-corrected chi connectivity index (χ1v) is 8.54. The lowest BCUT2D eigenvalue weighted by molar-refractivity contribution is -0.137. The Morgan fingerprint density at radius 3 is 2.46 bits per heavy atom. The highest BCUT2D eigenvalue weighted by Gasteiger charge is 2.39. The van der Waals surface area contributed by atoms with Crippen molar-refractivity contribution >= 4 is 29.1 Å². The normalized spacial score (nSPS) is 14.7. The average Bonchev–Trinajstić information content (AvgIpc) is 3.19. The third-order valence-electron chi connectivity index (χ3n) is 3.69. The summed E-state index contributed by atoms with van der Waals surface area (Å²) in [4.78, 5) is 27.3. The van der Waals surface area contributed by atoms with Crippen molar-refractivity contribution in [3.8, 4) is 5.75 Å².